The topological polar surface area (TPSA) is 46.0 Å². The molecular formula is C12H10BrClN2O. The van der Waals surface area contributed by atoms with Gasteiger partial charge >= 0.3 is 0 Å². The van der Waals surface area contributed by atoms with E-state index >= 15 is 0 Å². The molecule has 0 saturated heterocycles. The van der Waals surface area contributed by atoms with Crippen molar-refractivity contribution in [2.75, 3.05) is 0 Å². The molecule has 0 amide bonds. The SMILES string of the molecule is OC(Cc1ccncc1Cl)c1cncc(Br)c1. The van der Waals surface area contributed by atoms with E-state index in [1.807, 2.05) is 6.07 Å². The molecule has 0 fully saturated rings. The zero-order valence-corrected chi connectivity index (χ0v) is 11.2. The van der Waals surface area contributed by atoms with E-state index in [1.54, 1.807) is 30.9 Å². The van der Waals surface area contributed by atoms with Crippen LogP contribution in [0.25, 0.3) is 0 Å². The highest BCUT2D eigenvalue weighted by atomic mass is 79.9. The van der Waals surface area contributed by atoms with Crippen molar-refractivity contribution in [3.05, 3.63) is 57.5 Å². The zero-order valence-electron chi connectivity index (χ0n) is 8.85. The van der Waals surface area contributed by atoms with Gasteiger partial charge in [-0.2, -0.15) is 0 Å². The molecule has 1 atom stereocenters. The summed E-state index contributed by atoms with van der Waals surface area (Å²) in [6.07, 6.45) is 6.37. The van der Waals surface area contributed by atoms with E-state index in [-0.39, 0.29) is 0 Å². The fourth-order valence-corrected chi connectivity index (χ4v) is 2.09. The van der Waals surface area contributed by atoms with E-state index in [0.29, 0.717) is 11.4 Å². The van der Waals surface area contributed by atoms with Crippen LogP contribution < -0.4 is 0 Å². The normalized spacial score (nSPS) is 12.4. The van der Waals surface area contributed by atoms with Gasteiger partial charge in [-0.3, -0.25) is 9.97 Å². The molecule has 0 aromatic carbocycles. The first kappa shape index (κ1) is 12.5. The van der Waals surface area contributed by atoms with Crippen molar-refractivity contribution in [2.45, 2.75) is 12.5 Å². The summed E-state index contributed by atoms with van der Waals surface area (Å²) in [5.74, 6) is 0. The van der Waals surface area contributed by atoms with Crippen molar-refractivity contribution >= 4 is 27.5 Å². The minimum Gasteiger partial charge on any atom is -0.388 e. The number of aliphatic hydroxyl groups excluding tert-OH is 1. The van der Waals surface area contributed by atoms with Crippen molar-refractivity contribution in [3.63, 3.8) is 0 Å². The summed E-state index contributed by atoms with van der Waals surface area (Å²) in [6, 6.07) is 3.64. The van der Waals surface area contributed by atoms with Gasteiger partial charge in [-0.1, -0.05) is 11.6 Å². The molecule has 2 rings (SSSR count). The first-order chi connectivity index (χ1) is 8.16. The average molecular weight is 314 g/mol. The minimum atomic E-state index is -0.625. The van der Waals surface area contributed by atoms with Crippen LogP contribution in [0.3, 0.4) is 0 Å². The summed E-state index contributed by atoms with van der Waals surface area (Å²) in [4.78, 5) is 7.92. The molecule has 17 heavy (non-hydrogen) atoms. The average Bonchev–Trinajstić information content (AvgIpc) is 2.32. The van der Waals surface area contributed by atoms with Gasteiger partial charge in [0.05, 0.1) is 11.1 Å². The molecule has 0 spiro atoms. The van der Waals surface area contributed by atoms with Gasteiger partial charge in [-0.15, -0.1) is 0 Å². The van der Waals surface area contributed by atoms with Crippen LogP contribution in [0.1, 0.15) is 17.2 Å². The number of aromatic nitrogens is 2. The van der Waals surface area contributed by atoms with Crippen LogP contribution in [0.5, 0.6) is 0 Å². The molecule has 2 aromatic heterocycles. The molecule has 0 radical (unpaired) electrons. The maximum atomic E-state index is 10.1. The molecule has 88 valence electrons. The molecule has 0 aliphatic heterocycles. The van der Waals surface area contributed by atoms with E-state index in [1.165, 1.54) is 0 Å². The van der Waals surface area contributed by atoms with Crippen molar-refractivity contribution in [1.29, 1.82) is 0 Å². The lowest BCUT2D eigenvalue weighted by Crippen LogP contribution is -2.03. The van der Waals surface area contributed by atoms with Crippen molar-refractivity contribution in [2.24, 2.45) is 0 Å². The van der Waals surface area contributed by atoms with E-state index in [4.69, 9.17) is 11.6 Å². The Hall–Kier alpha value is -0.970. The van der Waals surface area contributed by atoms with Gasteiger partial charge in [0, 0.05) is 41.2 Å². The summed E-state index contributed by atoms with van der Waals surface area (Å²) in [5, 5.41) is 10.6. The Morgan fingerprint density at radius 3 is 2.82 bits per heavy atom. The van der Waals surface area contributed by atoms with Crippen LogP contribution in [0, 0.1) is 0 Å². The lowest BCUT2D eigenvalue weighted by atomic mass is 10.0. The minimum absolute atomic E-state index is 0.444. The maximum absolute atomic E-state index is 10.1. The van der Waals surface area contributed by atoms with Gasteiger partial charge < -0.3 is 5.11 Å². The third-order valence-corrected chi connectivity index (χ3v) is 3.15. The van der Waals surface area contributed by atoms with Gasteiger partial charge in [0.25, 0.3) is 0 Å². The highest BCUT2D eigenvalue weighted by Gasteiger charge is 2.11. The largest absolute Gasteiger partial charge is 0.388 e. The van der Waals surface area contributed by atoms with Crippen LogP contribution in [-0.2, 0) is 6.42 Å². The van der Waals surface area contributed by atoms with Crippen LogP contribution in [0.2, 0.25) is 5.02 Å². The first-order valence-electron chi connectivity index (χ1n) is 5.03. The number of pyridine rings is 2. The fourth-order valence-electron chi connectivity index (χ4n) is 1.51. The Morgan fingerprint density at radius 2 is 2.12 bits per heavy atom. The quantitative estimate of drug-likeness (QED) is 0.946. The summed E-state index contributed by atoms with van der Waals surface area (Å²) in [7, 11) is 0. The zero-order chi connectivity index (χ0) is 12.3. The number of hydrogen-bond acceptors (Lipinski definition) is 3. The molecule has 3 nitrogen and oxygen atoms in total. The monoisotopic (exact) mass is 312 g/mol. The lowest BCUT2D eigenvalue weighted by Gasteiger charge is -2.11. The standard InChI is InChI=1S/C12H10BrClN2O/c13-10-3-9(5-16-6-10)12(17)4-8-1-2-15-7-11(8)14/h1-3,5-7,12,17H,4H2. The van der Waals surface area contributed by atoms with Crippen molar-refractivity contribution in [3.8, 4) is 0 Å². The van der Waals surface area contributed by atoms with E-state index < -0.39 is 6.10 Å². The van der Waals surface area contributed by atoms with Gasteiger partial charge in [0.2, 0.25) is 0 Å². The molecule has 0 aliphatic rings. The Kier molecular flexibility index (Phi) is 4.10. The maximum Gasteiger partial charge on any atom is 0.0846 e. The van der Waals surface area contributed by atoms with Crippen LogP contribution in [-0.4, -0.2) is 15.1 Å². The number of aliphatic hydroxyl groups is 1. The first-order valence-corrected chi connectivity index (χ1v) is 6.21. The predicted molar refractivity (Wildman–Crippen MR) is 69.8 cm³/mol. The van der Waals surface area contributed by atoms with Crippen LogP contribution >= 0.6 is 27.5 Å². The summed E-state index contributed by atoms with van der Waals surface area (Å²) in [6.45, 7) is 0. The molecule has 2 aromatic rings. The molecule has 1 unspecified atom stereocenters. The molecular weight excluding hydrogens is 304 g/mol. The van der Waals surface area contributed by atoms with Crippen LogP contribution in [0.15, 0.2) is 41.4 Å². The van der Waals surface area contributed by atoms with Crippen molar-refractivity contribution in [1.82, 2.24) is 9.97 Å². The lowest BCUT2D eigenvalue weighted by molar-refractivity contribution is 0.178. The summed E-state index contributed by atoms with van der Waals surface area (Å²) in [5.41, 5.74) is 1.63. The molecule has 2 heterocycles. The summed E-state index contributed by atoms with van der Waals surface area (Å²) >= 11 is 9.31. The van der Waals surface area contributed by atoms with Gasteiger partial charge in [-0.05, 0) is 33.6 Å². The van der Waals surface area contributed by atoms with Gasteiger partial charge in [-0.25, -0.2) is 0 Å². The Bertz CT molecular complexity index is 521. The Balaban J connectivity index is 2.17. The number of halogens is 2. The number of nitrogens with zero attached hydrogens (tertiary/aromatic N) is 2. The predicted octanol–water partition coefficient (Wildman–Crippen LogP) is 3.17. The van der Waals surface area contributed by atoms with E-state index in [0.717, 1.165) is 15.6 Å². The van der Waals surface area contributed by atoms with Gasteiger partial charge in [0.15, 0.2) is 0 Å². The third-order valence-electron chi connectivity index (χ3n) is 2.38. The third kappa shape index (κ3) is 3.25. The fraction of sp³-hybridized carbons (Fsp3) is 0.167. The highest BCUT2D eigenvalue weighted by molar-refractivity contribution is 9.10. The second kappa shape index (κ2) is 5.58. The second-order valence-corrected chi connectivity index (χ2v) is 4.95. The number of rotatable bonds is 3. The smallest absolute Gasteiger partial charge is 0.0846 e. The van der Waals surface area contributed by atoms with Crippen molar-refractivity contribution < 1.29 is 5.11 Å². The molecule has 5 heteroatoms. The Labute approximate surface area is 113 Å². The Morgan fingerprint density at radius 1 is 1.29 bits per heavy atom. The molecule has 1 N–H and O–H groups in total. The second-order valence-electron chi connectivity index (χ2n) is 3.62. The molecule has 0 aliphatic carbocycles. The van der Waals surface area contributed by atoms with Gasteiger partial charge in [0.1, 0.15) is 0 Å². The molecule has 0 saturated carbocycles. The number of hydrogen-bond donors (Lipinski definition) is 1. The highest BCUT2D eigenvalue weighted by Crippen LogP contribution is 2.23. The van der Waals surface area contributed by atoms with E-state index in [2.05, 4.69) is 25.9 Å². The van der Waals surface area contributed by atoms with Crippen LogP contribution in [0.4, 0.5) is 0 Å². The van der Waals surface area contributed by atoms with E-state index in [9.17, 15) is 5.11 Å². The molecule has 0 bridgehead atoms. The summed E-state index contributed by atoms with van der Waals surface area (Å²) < 4.78 is 0.842.